The van der Waals surface area contributed by atoms with Crippen molar-refractivity contribution >= 4 is 12.4 Å². The molecule has 7 heteroatoms. The van der Waals surface area contributed by atoms with Crippen molar-refractivity contribution in [2.75, 3.05) is 0 Å². The fourth-order valence-electron chi connectivity index (χ4n) is 1.55. The van der Waals surface area contributed by atoms with E-state index in [1.807, 2.05) is 0 Å². The molecule has 0 spiro atoms. The summed E-state index contributed by atoms with van der Waals surface area (Å²) in [5.41, 5.74) is 5.94. The van der Waals surface area contributed by atoms with Gasteiger partial charge in [-0.05, 0) is 25.0 Å². The van der Waals surface area contributed by atoms with Crippen LogP contribution in [0.1, 0.15) is 22.7 Å². The molecule has 1 rings (SSSR count). The highest BCUT2D eigenvalue weighted by atomic mass is 35.5. The summed E-state index contributed by atoms with van der Waals surface area (Å²) in [7, 11) is 0. The quantitative estimate of drug-likeness (QED) is 0.821. The van der Waals surface area contributed by atoms with Crippen molar-refractivity contribution in [3.8, 4) is 0 Å². The molecule has 1 aromatic rings. The van der Waals surface area contributed by atoms with Crippen molar-refractivity contribution in [1.29, 1.82) is 0 Å². The van der Waals surface area contributed by atoms with Gasteiger partial charge in [0.25, 0.3) is 0 Å². The molecular formula is C11H13ClF5N. The Kier molecular flexibility index (Phi) is 5.14. The Morgan fingerprint density at radius 2 is 1.56 bits per heavy atom. The molecule has 0 aliphatic carbocycles. The van der Waals surface area contributed by atoms with E-state index in [4.69, 9.17) is 5.73 Å². The van der Waals surface area contributed by atoms with Crippen LogP contribution in [-0.4, -0.2) is 12.1 Å². The van der Waals surface area contributed by atoms with Gasteiger partial charge in [0.1, 0.15) is 6.04 Å². The normalized spacial score (nSPS) is 14.0. The van der Waals surface area contributed by atoms with Gasteiger partial charge in [-0.25, -0.2) is 0 Å². The van der Waals surface area contributed by atoms with Gasteiger partial charge in [0.2, 0.25) is 0 Å². The molecule has 0 aliphatic rings. The van der Waals surface area contributed by atoms with Crippen molar-refractivity contribution in [1.82, 2.24) is 0 Å². The average Bonchev–Trinajstić information content (AvgIpc) is 2.14. The lowest BCUT2D eigenvalue weighted by Crippen LogP contribution is -2.46. The summed E-state index contributed by atoms with van der Waals surface area (Å²) in [5.74, 6) is -4.94. The summed E-state index contributed by atoms with van der Waals surface area (Å²) in [6.07, 6.45) is -5.65. The van der Waals surface area contributed by atoms with Crippen LogP contribution in [0.5, 0.6) is 0 Å². The molecule has 0 fully saturated rings. The van der Waals surface area contributed by atoms with E-state index in [0.717, 1.165) is 5.56 Å². The predicted octanol–water partition coefficient (Wildman–Crippen LogP) is 3.92. The highest BCUT2D eigenvalue weighted by Crippen LogP contribution is 2.43. The second-order valence-electron chi connectivity index (χ2n) is 3.96. The summed E-state index contributed by atoms with van der Waals surface area (Å²) >= 11 is 0. The first-order valence-electron chi connectivity index (χ1n) is 4.84. The zero-order valence-corrected chi connectivity index (χ0v) is 10.5. The molecule has 0 heterocycles. The van der Waals surface area contributed by atoms with Crippen molar-refractivity contribution in [3.63, 3.8) is 0 Å². The molecule has 1 nitrogen and oxygen atoms in total. The van der Waals surface area contributed by atoms with Crippen LogP contribution in [0.2, 0.25) is 0 Å². The van der Waals surface area contributed by atoms with Gasteiger partial charge in [-0.1, -0.05) is 23.8 Å². The number of hydrogen-bond donors (Lipinski definition) is 1. The summed E-state index contributed by atoms with van der Waals surface area (Å²) in [4.78, 5) is 0. The molecule has 18 heavy (non-hydrogen) atoms. The van der Waals surface area contributed by atoms with E-state index in [9.17, 15) is 22.0 Å². The Morgan fingerprint density at radius 1 is 1.06 bits per heavy atom. The molecule has 0 saturated carbocycles. The van der Waals surface area contributed by atoms with Gasteiger partial charge in [0, 0.05) is 0 Å². The number of benzene rings is 1. The van der Waals surface area contributed by atoms with E-state index < -0.39 is 18.1 Å². The van der Waals surface area contributed by atoms with Gasteiger partial charge < -0.3 is 5.73 Å². The van der Waals surface area contributed by atoms with Crippen LogP contribution in [0.25, 0.3) is 0 Å². The molecule has 1 atom stereocenters. The third-order valence-corrected chi connectivity index (χ3v) is 2.53. The van der Waals surface area contributed by atoms with Gasteiger partial charge in [0.15, 0.2) is 0 Å². The predicted molar refractivity (Wildman–Crippen MR) is 61.1 cm³/mol. The van der Waals surface area contributed by atoms with Crippen LogP contribution in [0.4, 0.5) is 22.0 Å². The minimum absolute atomic E-state index is 0. The number of hydrogen-bond acceptors (Lipinski definition) is 1. The van der Waals surface area contributed by atoms with Crippen LogP contribution < -0.4 is 5.73 Å². The van der Waals surface area contributed by atoms with E-state index in [1.165, 1.54) is 25.1 Å². The highest BCUT2D eigenvalue weighted by Gasteiger charge is 2.61. The first kappa shape index (κ1) is 17.1. The molecule has 0 bridgehead atoms. The van der Waals surface area contributed by atoms with E-state index in [2.05, 4.69) is 0 Å². The van der Waals surface area contributed by atoms with Gasteiger partial charge in [-0.15, -0.1) is 12.4 Å². The van der Waals surface area contributed by atoms with E-state index in [1.54, 1.807) is 6.92 Å². The minimum atomic E-state index is -5.65. The Labute approximate surface area is 108 Å². The Hall–Kier alpha value is -0.880. The Morgan fingerprint density at radius 3 is 1.94 bits per heavy atom. The van der Waals surface area contributed by atoms with Crippen LogP contribution in [0.15, 0.2) is 18.2 Å². The van der Waals surface area contributed by atoms with Crippen LogP contribution in [0.3, 0.4) is 0 Å². The molecule has 0 saturated heterocycles. The maximum absolute atomic E-state index is 13.0. The lowest BCUT2D eigenvalue weighted by atomic mass is 9.95. The number of rotatable bonds is 2. The fourth-order valence-corrected chi connectivity index (χ4v) is 1.55. The maximum atomic E-state index is 13.0. The minimum Gasteiger partial charge on any atom is -0.319 e. The molecule has 0 aliphatic heterocycles. The lowest BCUT2D eigenvalue weighted by molar-refractivity contribution is -0.291. The van der Waals surface area contributed by atoms with E-state index in [-0.39, 0.29) is 18.0 Å². The Bertz CT molecular complexity index is 416. The topological polar surface area (TPSA) is 26.0 Å². The smallest absolute Gasteiger partial charge is 0.319 e. The van der Waals surface area contributed by atoms with Crippen molar-refractivity contribution < 1.29 is 22.0 Å². The number of aryl methyl sites for hydroxylation is 2. The van der Waals surface area contributed by atoms with Gasteiger partial charge in [-0.3, -0.25) is 0 Å². The molecule has 0 amide bonds. The second kappa shape index (κ2) is 5.40. The van der Waals surface area contributed by atoms with Crippen molar-refractivity contribution in [3.05, 3.63) is 34.9 Å². The summed E-state index contributed by atoms with van der Waals surface area (Å²) in [6.45, 7) is 3.17. The summed E-state index contributed by atoms with van der Waals surface area (Å²) in [6, 6.07) is 1.79. The van der Waals surface area contributed by atoms with Crippen LogP contribution in [0, 0.1) is 13.8 Å². The van der Waals surface area contributed by atoms with Gasteiger partial charge in [-0.2, -0.15) is 22.0 Å². The molecule has 0 radical (unpaired) electrons. The first-order valence-corrected chi connectivity index (χ1v) is 4.84. The second-order valence-corrected chi connectivity index (χ2v) is 3.96. The summed E-state index contributed by atoms with van der Waals surface area (Å²) in [5, 5.41) is 0. The average molecular weight is 290 g/mol. The monoisotopic (exact) mass is 289 g/mol. The molecule has 0 aromatic heterocycles. The van der Waals surface area contributed by atoms with Crippen LogP contribution in [-0.2, 0) is 0 Å². The number of alkyl halides is 5. The Balaban J connectivity index is 0.00000289. The lowest BCUT2D eigenvalue weighted by Gasteiger charge is -2.27. The molecular weight excluding hydrogens is 277 g/mol. The number of nitrogens with two attached hydrogens (primary N) is 1. The van der Waals surface area contributed by atoms with Crippen molar-refractivity contribution in [2.45, 2.75) is 32.0 Å². The van der Waals surface area contributed by atoms with Gasteiger partial charge in [0.05, 0.1) is 0 Å². The largest absolute Gasteiger partial charge is 0.455 e. The maximum Gasteiger partial charge on any atom is 0.455 e. The third-order valence-electron chi connectivity index (χ3n) is 2.53. The molecule has 1 aromatic carbocycles. The molecule has 0 unspecified atom stereocenters. The fraction of sp³-hybridized carbons (Fsp3) is 0.455. The third kappa shape index (κ3) is 3.11. The van der Waals surface area contributed by atoms with Crippen LogP contribution >= 0.6 is 12.4 Å². The van der Waals surface area contributed by atoms with Crippen molar-refractivity contribution in [2.24, 2.45) is 5.73 Å². The highest BCUT2D eigenvalue weighted by molar-refractivity contribution is 5.85. The van der Waals surface area contributed by atoms with Gasteiger partial charge >= 0.3 is 12.1 Å². The number of halogens is 6. The van der Waals surface area contributed by atoms with E-state index >= 15 is 0 Å². The standard InChI is InChI=1S/C11H12F5N.ClH/c1-6-3-4-8(7(2)5-6)9(17)10(12,13)11(14,15)16;/h3-5,9H,17H2,1-2H3;1H/t9-;/m1./s1. The SMILES string of the molecule is Cc1ccc([C@@H](N)C(F)(F)C(F)(F)F)c(C)c1.Cl. The first-order chi connectivity index (χ1) is 7.57. The van der Waals surface area contributed by atoms with E-state index in [0.29, 0.717) is 5.56 Å². The zero-order valence-electron chi connectivity index (χ0n) is 9.68. The summed E-state index contributed by atoms with van der Waals surface area (Å²) < 4.78 is 62.5. The molecule has 2 N–H and O–H groups in total. The zero-order chi connectivity index (χ0) is 13.4. The molecule has 104 valence electrons.